The average Bonchev–Trinajstić information content (AvgIpc) is 2.52. The average molecular weight is 340 g/mol. The number of piperidine rings is 1. The van der Waals surface area contributed by atoms with Gasteiger partial charge in [0.15, 0.2) is 0 Å². The molecule has 1 fully saturated rings. The highest BCUT2D eigenvalue weighted by molar-refractivity contribution is 6.07. The van der Waals surface area contributed by atoms with Crippen molar-refractivity contribution in [1.29, 1.82) is 0 Å². The van der Waals surface area contributed by atoms with Gasteiger partial charge in [-0.15, -0.1) is 0 Å². The number of amides is 1. The highest BCUT2D eigenvalue weighted by Gasteiger charge is 2.38. The zero-order valence-corrected chi connectivity index (χ0v) is 15.9. The molecule has 25 heavy (non-hydrogen) atoms. The SMILES string of the molecule is CC[C@@H]1CN(C(=O)c2cc(C)nc3cc(C)cc(C)c23)CC[C@]1(C)O. The number of aliphatic hydroxyl groups is 1. The Morgan fingerprint density at radius 3 is 2.72 bits per heavy atom. The molecule has 0 aliphatic carbocycles. The Morgan fingerprint density at radius 2 is 2.04 bits per heavy atom. The summed E-state index contributed by atoms with van der Waals surface area (Å²) in [7, 11) is 0. The molecule has 0 radical (unpaired) electrons. The Hall–Kier alpha value is -1.94. The Balaban J connectivity index is 2.03. The van der Waals surface area contributed by atoms with Crippen LogP contribution in [0.5, 0.6) is 0 Å². The van der Waals surface area contributed by atoms with Gasteiger partial charge in [-0.05, 0) is 63.8 Å². The molecule has 1 aliphatic rings. The lowest BCUT2D eigenvalue weighted by Gasteiger charge is -2.42. The van der Waals surface area contributed by atoms with Gasteiger partial charge in [-0.1, -0.05) is 13.0 Å². The third-order valence-electron chi connectivity index (χ3n) is 5.60. The van der Waals surface area contributed by atoms with E-state index in [9.17, 15) is 9.90 Å². The molecule has 0 unspecified atom stereocenters. The highest BCUT2D eigenvalue weighted by Crippen LogP contribution is 2.32. The maximum Gasteiger partial charge on any atom is 0.254 e. The fourth-order valence-electron chi connectivity index (χ4n) is 4.10. The van der Waals surface area contributed by atoms with E-state index < -0.39 is 5.60 Å². The summed E-state index contributed by atoms with van der Waals surface area (Å²) in [6.07, 6.45) is 1.49. The summed E-state index contributed by atoms with van der Waals surface area (Å²) in [5.41, 5.74) is 4.03. The van der Waals surface area contributed by atoms with Crippen LogP contribution in [-0.4, -0.2) is 39.6 Å². The number of benzene rings is 1. The van der Waals surface area contributed by atoms with Crippen LogP contribution in [0, 0.1) is 26.7 Å². The molecule has 1 saturated heterocycles. The lowest BCUT2D eigenvalue weighted by atomic mass is 9.80. The maximum atomic E-state index is 13.3. The lowest BCUT2D eigenvalue weighted by Crippen LogP contribution is -2.51. The van der Waals surface area contributed by atoms with Gasteiger partial charge in [0, 0.05) is 30.1 Å². The molecule has 1 aromatic carbocycles. The van der Waals surface area contributed by atoms with Crippen molar-refractivity contribution >= 4 is 16.8 Å². The molecule has 4 nitrogen and oxygen atoms in total. The van der Waals surface area contributed by atoms with E-state index >= 15 is 0 Å². The Bertz CT molecular complexity index is 821. The zero-order chi connectivity index (χ0) is 18.4. The number of rotatable bonds is 2. The van der Waals surface area contributed by atoms with Crippen molar-refractivity contribution in [3.8, 4) is 0 Å². The Labute approximate surface area is 149 Å². The van der Waals surface area contributed by atoms with E-state index in [2.05, 4.69) is 24.9 Å². The molecule has 1 aromatic heterocycles. The second-order valence-corrected chi connectivity index (χ2v) is 7.75. The van der Waals surface area contributed by atoms with Crippen molar-refractivity contribution in [2.24, 2.45) is 5.92 Å². The standard InChI is InChI=1S/C21H28N2O2/c1-6-16-12-23(8-7-21(16,5)25)20(24)17-11-15(4)22-18-10-13(2)9-14(3)19(17)18/h9-11,16,25H,6-8,12H2,1-5H3/t16-,21+/m1/s1. The molecule has 0 bridgehead atoms. The summed E-state index contributed by atoms with van der Waals surface area (Å²) in [5.74, 6) is 0.166. The molecule has 2 aromatic rings. The van der Waals surface area contributed by atoms with Crippen LogP contribution in [-0.2, 0) is 0 Å². The van der Waals surface area contributed by atoms with Crippen LogP contribution in [0.1, 0.15) is 53.9 Å². The molecule has 2 heterocycles. The van der Waals surface area contributed by atoms with Gasteiger partial charge in [-0.25, -0.2) is 0 Å². The summed E-state index contributed by atoms with van der Waals surface area (Å²) < 4.78 is 0. The second-order valence-electron chi connectivity index (χ2n) is 7.75. The molecule has 3 rings (SSSR count). The fraction of sp³-hybridized carbons (Fsp3) is 0.524. The molecule has 1 aliphatic heterocycles. The Morgan fingerprint density at radius 1 is 1.32 bits per heavy atom. The van der Waals surface area contributed by atoms with Crippen molar-refractivity contribution in [3.63, 3.8) is 0 Å². The first-order valence-electron chi connectivity index (χ1n) is 9.13. The second kappa shape index (κ2) is 6.41. The van der Waals surface area contributed by atoms with E-state index in [4.69, 9.17) is 0 Å². The minimum absolute atomic E-state index is 0.0522. The summed E-state index contributed by atoms with van der Waals surface area (Å²) in [4.78, 5) is 19.8. The third-order valence-corrected chi connectivity index (χ3v) is 5.60. The molecule has 1 amide bonds. The number of fused-ring (bicyclic) bond motifs is 1. The third kappa shape index (κ3) is 3.28. The minimum atomic E-state index is -0.686. The number of pyridine rings is 1. The number of nitrogens with zero attached hydrogens (tertiary/aromatic N) is 2. The van der Waals surface area contributed by atoms with Gasteiger partial charge in [0.05, 0.1) is 16.7 Å². The van der Waals surface area contributed by atoms with Crippen molar-refractivity contribution in [2.45, 2.75) is 53.1 Å². The molecule has 1 N–H and O–H groups in total. The molecule has 0 saturated carbocycles. The highest BCUT2D eigenvalue weighted by atomic mass is 16.3. The number of carbonyl (C=O) groups excluding carboxylic acids is 1. The molecule has 134 valence electrons. The summed E-state index contributed by atoms with van der Waals surface area (Å²) >= 11 is 0. The van der Waals surface area contributed by atoms with Gasteiger partial charge >= 0.3 is 0 Å². The number of aryl methyl sites for hydroxylation is 3. The first kappa shape index (κ1) is 17.9. The Kier molecular flexibility index (Phi) is 4.58. The van der Waals surface area contributed by atoms with Crippen molar-refractivity contribution < 1.29 is 9.90 Å². The fourth-order valence-corrected chi connectivity index (χ4v) is 4.10. The molecule has 0 spiro atoms. The number of aromatic nitrogens is 1. The van der Waals surface area contributed by atoms with E-state index in [1.54, 1.807) is 0 Å². The topological polar surface area (TPSA) is 53.4 Å². The number of hydrogen-bond acceptors (Lipinski definition) is 3. The van der Waals surface area contributed by atoms with Crippen molar-refractivity contribution in [3.05, 3.63) is 40.6 Å². The zero-order valence-electron chi connectivity index (χ0n) is 15.9. The van der Waals surface area contributed by atoms with Crippen LogP contribution < -0.4 is 0 Å². The van der Waals surface area contributed by atoms with Crippen LogP contribution in [0.4, 0.5) is 0 Å². The largest absolute Gasteiger partial charge is 0.390 e. The quantitative estimate of drug-likeness (QED) is 0.905. The lowest BCUT2D eigenvalue weighted by molar-refractivity contribution is -0.0520. The van der Waals surface area contributed by atoms with Crippen LogP contribution in [0.15, 0.2) is 18.2 Å². The molecule has 2 atom stereocenters. The molecule has 4 heteroatoms. The van der Waals surface area contributed by atoms with E-state index in [0.29, 0.717) is 19.5 Å². The summed E-state index contributed by atoms with van der Waals surface area (Å²) in [5, 5.41) is 11.5. The van der Waals surface area contributed by atoms with Crippen molar-refractivity contribution in [1.82, 2.24) is 9.88 Å². The number of carbonyl (C=O) groups is 1. The van der Waals surface area contributed by atoms with Gasteiger partial charge in [-0.3, -0.25) is 9.78 Å². The summed E-state index contributed by atoms with van der Waals surface area (Å²) in [6.45, 7) is 11.2. The minimum Gasteiger partial charge on any atom is -0.390 e. The molecular weight excluding hydrogens is 312 g/mol. The first-order valence-corrected chi connectivity index (χ1v) is 9.13. The monoisotopic (exact) mass is 340 g/mol. The van der Waals surface area contributed by atoms with Gasteiger partial charge in [-0.2, -0.15) is 0 Å². The van der Waals surface area contributed by atoms with E-state index in [1.165, 1.54) is 0 Å². The van der Waals surface area contributed by atoms with Gasteiger partial charge in [0.25, 0.3) is 5.91 Å². The van der Waals surface area contributed by atoms with Crippen LogP contribution >= 0.6 is 0 Å². The summed E-state index contributed by atoms with van der Waals surface area (Å²) in [6, 6.07) is 6.05. The van der Waals surface area contributed by atoms with Gasteiger partial charge < -0.3 is 10.0 Å². The van der Waals surface area contributed by atoms with E-state index in [1.807, 2.05) is 37.8 Å². The normalized spacial score (nSPS) is 23.9. The predicted molar refractivity (Wildman–Crippen MR) is 101 cm³/mol. The van der Waals surface area contributed by atoms with Gasteiger partial charge in [0.2, 0.25) is 0 Å². The van der Waals surface area contributed by atoms with E-state index in [0.717, 1.165) is 39.7 Å². The van der Waals surface area contributed by atoms with Crippen LogP contribution in [0.25, 0.3) is 10.9 Å². The van der Waals surface area contributed by atoms with E-state index in [-0.39, 0.29) is 11.8 Å². The number of likely N-dealkylation sites (tertiary alicyclic amines) is 1. The smallest absolute Gasteiger partial charge is 0.254 e. The van der Waals surface area contributed by atoms with Crippen LogP contribution in [0.2, 0.25) is 0 Å². The maximum absolute atomic E-state index is 13.3. The van der Waals surface area contributed by atoms with Crippen molar-refractivity contribution in [2.75, 3.05) is 13.1 Å². The molecular formula is C21H28N2O2. The predicted octanol–water partition coefficient (Wildman–Crippen LogP) is 3.78. The number of hydrogen-bond donors (Lipinski definition) is 1. The van der Waals surface area contributed by atoms with Gasteiger partial charge in [0.1, 0.15) is 0 Å². The first-order chi connectivity index (χ1) is 11.7. The van der Waals surface area contributed by atoms with Crippen LogP contribution in [0.3, 0.4) is 0 Å².